The van der Waals surface area contributed by atoms with Gasteiger partial charge in [-0.15, -0.1) is 0 Å². The summed E-state index contributed by atoms with van der Waals surface area (Å²) in [4.78, 5) is 5.17. The summed E-state index contributed by atoms with van der Waals surface area (Å²) in [5, 5.41) is 2.52. The molecule has 1 spiro atoms. The van der Waals surface area contributed by atoms with E-state index in [1.165, 1.54) is 97.0 Å². The average molecular weight is 774 g/mol. The Labute approximate surface area is 346 Å². The van der Waals surface area contributed by atoms with Crippen molar-refractivity contribution in [1.29, 1.82) is 0 Å². The number of nitrogens with zero attached hydrogens (tertiary/aromatic N) is 1. The number of benzene rings is 9. The fourth-order valence-corrected chi connectivity index (χ4v) is 12.3. The largest absolute Gasteiger partial charge is 0.309 e. The van der Waals surface area contributed by atoms with E-state index >= 15 is 0 Å². The van der Waals surface area contributed by atoms with Crippen molar-refractivity contribution in [2.24, 2.45) is 0 Å². The first-order chi connectivity index (χ1) is 28.8. The molecule has 0 N–H and O–H groups in total. The monoisotopic (exact) mass is 773 g/mol. The van der Waals surface area contributed by atoms with Crippen molar-refractivity contribution >= 4 is 45.3 Å². The van der Waals surface area contributed by atoms with Gasteiger partial charge in [0.2, 0.25) is 0 Å². The molecule has 2 aliphatic rings. The summed E-state index contributed by atoms with van der Waals surface area (Å²) in [5.41, 5.74) is 15.7. The van der Waals surface area contributed by atoms with E-state index in [0.29, 0.717) is 0 Å². The summed E-state index contributed by atoms with van der Waals surface area (Å²) in [7, 11) is 0. The molecule has 1 nitrogen and oxygen atoms in total. The van der Waals surface area contributed by atoms with Gasteiger partial charge >= 0.3 is 0 Å². The summed E-state index contributed by atoms with van der Waals surface area (Å²) < 4.78 is 2.44. The number of aromatic nitrogens is 1. The third kappa shape index (κ3) is 4.87. The number of fused-ring (bicyclic) bond motifs is 11. The van der Waals surface area contributed by atoms with Gasteiger partial charge in [-0.3, -0.25) is 0 Å². The van der Waals surface area contributed by atoms with Crippen LogP contribution in [0.3, 0.4) is 0 Å². The lowest BCUT2D eigenvalue weighted by Gasteiger charge is -2.47. The normalized spacial score (nSPS) is 15.2. The first-order valence-electron chi connectivity index (χ1n) is 19.8. The molecule has 3 heterocycles. The van der Waals surface area contributed by atoms with Crippen LogP contribution in [0.4, 0.5) is 0 Å². The molecule has 0 fully saturated rings. The van der Waals surface area contributed by atoms with Gasteiger partial charge in [0.05, 0.1) is 16.4 Å². The first-order valence-corrected chi connectivity index (χ1v) is 21.5. The van der Waals surface area contributed by atoms with E-state index in [1.807, 2.05) is 23.5 Å². The van der Waals surface area contributed by atoms with Gasteiger partial charge in [-0.05, 0) is 104 Å². The van der Waals surface area contributed by atoms with Crippen molar-refractivity contribution in [3.8, 4) is 39.1 Å². The zero-order chi connectivity index (χ0) is 38.2. The number of hydrogen-bond acceptors (Lipinski definition) is 2. The first kappa shape index (κ1) is 33.6. The predicted molar refractivity (Wildman–Crippen MR) is 244 cm³/mol. The molecule has 1 atom stereocenters. The van der Waals surface area contributed by atoms with Crippen molar-refractivity contribution in [2.75, 3.05) is 0 Å². The number of para-hydroxylation sites is 2. The number of hydrogen-bond donors (Lipinski definition) is 0. The molecule has 3 heteroatoms. The Kier molecular flexibility index (Phi) is 7.69. The Morgan fingerprint density at radius 3 is 1.64 bits per heavy atom. The summed E-state index contributed by atoms with van der Waals surface area (Å²) in [6.45, 7) is 0. The molecule has 58 heavy (non-hydrogen) atoms. The van der Waals surface area contributed by atoms with E-state index in [9.17, 15) is 0 Å². The van der Waals surface area contributed by atoms with Crippen LogP contribution in [0.25, 0.3) is 60.9 Å². The van der Waals surface area contributed by atoms with Crippen molar-refractivity contribution in [3.05, 3.63) is 235 Å². The Bertz CT molecular complexity index is 3180. The lowest BCUT2D eigenvalue weighted by Crippen LogP contribution is -2.38. The lowest BCUT2D eigenvalue weighted by atomic mass is 9.61. The van der Waals surface area contributed by atoms with Crippen LogP contribution >= 0.6 is 23.5 Å². The summed E-state index contributed by atoms with van der Waals surface area (Å²) >= 11 is 3.81. The molecule has 0 amide bonds. The van der Waals surface area contributed by atoms with Gasteiger partial charge in [0.1, 0.15) is 0 Å². The van der Waals surface area contributed by atoms with Crippen molar-refractivity contribution < 1.29 is 0 Å². The molecule has 1 aromatic heterocycles. The molecule has 0 saturated carbocycles. The van der Waals surface area contributed by atoms with Gasteiger partial charge < -0.3 is 4.57 Å². The quantitative estimate of drug-likeness (QED) is 0.175. The second-order valence-corrected chi connectivity index (χ2v) is 17.3. The van der Waals surface area contributed by atoms with Crippen LogP contribution in [0.5, 0.6) is 0 Å². The highest BCUT2D eigenvalue weighted by atomic mass is 32.2. The summed E-state index contributed by atoms with van der Waals surface area (Å²) in [5.74, 6) is 0. The third-order valence-corrected chi connectivity index (χ3v) is 14.4. The van der Waals surface area contributed by atoms with E-state index < -0.39 is 5.41 Å². The van der Waals surface area contributed by atoms with Gasteiger partial charge in [-0.1, -0.05) is 187 Å². The third-order valence-electron chi connectivity index (χ3n) is 12.1. The summed E-state index contributed by atoms with van der Waals surface area (Å²) in [6, 6.07) is 78.9. The van der Waals surface area contributed by atoms with Gasteiger partial charge in [0, 0.05) is 36.0 Å². The molecule has 0 aliphatic carbocycles. The molecule has 10 aromatic rings. The molecule has 272 valence electrons. The maximum Gasteiger partial charge on any atom is 0.0757 e. The maximum atomic E-state index is 2.44. The molecule has 0 bridgehead atoms. The second-order valence-electron chi connectivity index (χ2n) is 15.1. The van der Waals surface area contributed by atoms with Gasteiger partial charge in [-0.25, -0.2) is 0 Å². The van der Waals surface area contributed by atoms with Gasteiger partial charge in [0.15, 0.2) is 0 Å². The molecule has 12 rings (SSSR count). The Hall–Kier alpha value is -6.52. The van der Waals surface area contributed by atoms with E-state index in [2.05, 4.69) is 217 Å². The van der Waals surface area contributed by atoms with Crippen molar-refractivity contribution in [1.82, 2.24) is 4.57 Å². The topological polar surface area (TPSA) is 4.93 Å². The Balaban J connectivity index is 1.24. The van der Waals surface area contributed by atoms with Crippen LogP contribution in [0.15, 0.2) is 232 Å². The van der Waals surface area contributed by atoms with E-state index in [-0.39, 0.29) is 0 Å². The highest BCUT2D eigenvalue weighted by molar-refractivity contribution is 8.00. The standard InChI is InChI=1S/C55H35NS2/c1-4-17-36(18-5-1)40-33-34-51-54(52(40)37-19-6-2-7-20-37)55(45-26-12-15-29-49(45)58-51)44-25-11-14-28-48(44)57-50-30-16-24-41(53(50)55)38-31-32-43-42-23-10-13-27-46(42)56(47(43)35-38)39-21-8-3-9-22-39/h1-35H. The fraction of sp³-hybridized carbons (Fsp3) is 0.0182. The maximum absolute atomic E-state index is 2.44. The second kappa shape index (κ2) is 13.3. The zero-order valence-corrected chi connectivity index (χ0v) is 33.1. The van der Waals surface area contributed by atoms with Crippen LogP contribution in [0, 0.1) is 0 Å². The minimum absolute atomic E-state index is 0.637. The van der Waals surface area contributed by atoms with Crippen LogP contribution in [0.2, 0.25) is 0 Å². The Morgan fingerprint density at radius 1 is 0.345 bits per heavy atom. The minimum atomic E-state index is -0.637. The molecule has 0 saturated heterocycles. The van der Waals surface area contributed by atoms with Crippen molar-refractivity contribution in [2.45, 2.75) is 25.0 Å². The molecule has 0 radical (unpaired) electrons. The minimum Gasteiger partial charge on any atom is -0.309 e. The lowest BCUT2D eigenvalue weighted by molar-refractivity contribution is 0.671. The summed E-state index contributed by atoms with van der Waals surface area (Å²) in [6.07, 6.45) is 0. The van der Waals surface area contributed by atoms with Crippen LogP contribution in [-0.2, 0) is 5.41 Å². The SMILES string of the molecule is c1ccc(-c2ccc3c(c2-c2ccccc2)C2(c4ccccc4Sc4cccc(-c5ccc6c7ccccc7n(-c7ccccc7)c6c5)c42)c2ccccc2S3)cc1. The average Bonchev–Trinajstić information content (AvgIpc) is 3.63. The van der Waals surface area contributed by atoms with E-state index in [0.717, 1.165) is 5.69 Å². The highest BCUT2D eigenvalue weighted by Gasteiger charge is 2.51. The highest BCUT2D eigenvalue weighted by Crippen LogP contribution is 2.65. The van der Waals surface area contributed by atoms with Crippen LogP contribution in [-0.4, -0.2) is 4.57 Å². The smallest absolute Gasteiger partial charge is 0.0757 e. The molecular weight excluding hydrogens is 739 g/mol. The Morgan fingerprint density at radius 2 is 0.914 bits per heavy atom. The molecular formula is C55H35NS2. The molecule has 2 aliphatic heterocycles. The number of rotatable bonds is 4. The van der Waals surface area contributed by atoms with Gasteiger partial charge in [0.25, 0.3) is 0 Å². The van der Waals surface area contributed by atoms with Crippen LogP contribution < -0.4 is 0 Å². The van der Waals surface area contributed by atoms with Crippen molar-refractivity contribution in [3.63, 3.8) is 0 Å². The van der Waals surface area contributed by atoms with E-state index in [1.54, 1.807) is 0 Å². The van der Waals surface area contributed by atoms with Crippen LogP contribution in [0.1, 0.15) is 22.3 Å². The van der Waals surface area contributed by atoms with E-state index in [4.69, 9.17) is 0 Å². The predicted octanol–water partition coefficient (Wildman–Crippen LogP) is 15.1. The van der Waals surface area contributed by atoms with Gasteiger partial charge in [-0.2, -0.15) is 0 Å². The molecule has 9 aromatic carbocycles. The molecule has 1 unspecified atom stereocenters. The fourth-order valence-electron chi connectivity index (χ4n) is 9.82. The zero-order valence-electron chi connectivity index (χ0n) is 31.5.